The van der Waals surface area contributed by atoms with E-state index in [1.54, 1.807) is 0 Å². The quantitative estimate of drug-likeness (QED) is 0.383. The summed E-state index contributed by atoms with van der Waals surface area (Å²) in [5.74, 6) is -7.52. The number of carbonyl (C=O) groups is 4. The van der Waals surface area contributed by atoms with Crippen molar-refractivity contribution in [2.24, 2.45) is 17.8 Å². The van der Waals surface area contributed by atoms with Gasteiger partial charge in [-0.3, -0.25) is 29.3 Å². The fourth-order valence-electron chi connectivity index (χ4n) is 3.51. The first-order valence-corrected chi connectivity index (χ1v) is 8.96. The molecule has 150 valence electrons. The van der Waals surface area contributed by atoms with Crippen LogP contribution in [-0.4, -0.2) is 39.5 Å². The lowest BCUT2D eigenvalue weighted by molar-refractivity contribution is -0.518. The summed E-state index contributed by atoms with van der Waals surface area (Å²) >= 11 is 11.7. The van der Waals surface area contributed by atoms with Gasteiger partial charge in [0.2, 0.25) is 0 Å². The average molecular weight is 431 g/mol. The Labute approximate surface area is 169 Å². The molecule has 11 heteroatoms. The van der Waals surface area contributed by atoms with Gasteiger partial charge in [0.1, 0.15) is 5.78 Å². The number of ketones is 2. The first kappa shape index (κ1) is 21.8. The number of benzene rings is 1. The Morgan fingerprint density at radius 2 is 2.00 bits per heavy atom. The van der Waals surface area contributed by atoms with Gasteiger partial charge in [0.25, 0.3) is 17.7 Å². The first-order valence-electron chi connectivity index (χ1n) is 8.21. The molecule has 0 aliphatic heterocycles. The van der Waals surface area contributed by atoms with Gasteiger partial charge in [0.05, 0.1) is 17.1 Å². The molecule has 0 saturated heterocycles. The average Bonchev–Trinajstić information content (AvgIpc) is 2.84. The standard InChI is InChI=1S/C17H16Cl2N2O7/c1-7-4-12(22)9(6-13(23)24)14(7)15(21(27)28)16(25)17(26)20-11-5-8(18)2-3-10(11)19/h2-3,5,7,9,14-15H,4,6H2,1H3,(H,20,26)(H,23,24)/t7?,9?,14-,15?/m0/s1. The molecule has 1 fully saturated rings. The van der Waals surface area contributed by atoms with Gasteiger partial charge in [-0.05, 0) is 24.1 Å². The van der Waals surface area contributed by atoms with E-state index >= 15 is 0 Å². The van der Waals surface area contributed by atoms with Crippen LogP contribution in [0, 0.1) is 27.9 Å². The molecule has 1 aliphatic rings. The van der Waals surface area contributed by atoms with Crippen LogP contribution in [-0.2, 0) is 19.2 Å². The van der Waals surface area contributed by atoms with Crippen molar-refractivity contribution in [3.05, 3.63) is 38.4 Å². The molecule has 3 unspecified atom stereocenters. The maximum atomic E-state index is 12.6. The van der Waals surface area contributed by atoms with Gasteiger partial charge in [-0.15, -0.1) is 0 Å². The smallest absolute Gasteiger partial charge is 0.304 e. The number of nitrogens with one attached hydrogen (secondary N) is 1. The van der Waals surface area contributed by atoms with Crippen LogP contribution in [0.2, 0.25) is 10.0 Å². The largest absolute Gasteiger partial charge is 0.481 e. The number of rotatable bonds is 7. The summed E-state index contributed by atoms with van der Waals surface area (Å²) in [6.07, 6.45) is -0.741. The van der Waals surface area contributed by atoms with Gasteiger partial charge >= 0.3 is 5.97 Å². The van der Waals surface area contributed by atoms with Crippen LogP contribution < -0.4 is 5.32 Å². The van der Waals surface area contributed by atoms with E-state index in [0.29, 0.717) is 0 Å². The molecule has 2 rings (SSSR count). The van der Waals surface area contributed by atoms with Gasteiger partial charge in [0, 0.05) is 28.2 Å². The van der Waals surface area contributed by atoms with E-state index in [0.717, 1.165) is 0 Å². The zero-order valence-electron chi connectivity index (χ0n) is 14.6. The number of aliphatic carboxylic acids is 1. The summed E-state index contributed by atoms with van der Waals surface area (Å²) in [4.78, 5) is 58.7. The summed E-state index contributed by atoms with van der Waals surface area (Å²) in [5, 5.41) is 23.1. The van der Waals surface area contributed by atoms with Crippen molar-refractivity contribution in [3.63, 3.8) is 0 Å². The molecule has 1 aromatic carbocycles. The Kier molecular flexibility index (Phi) is 6.73. The molecule has 1 amide bonds. The third kappa shape index (κ3) is 4.66. The Hall–Kier alpha value is -2.52. The van der Waals surface area contributed by atoms with Crippen molar-refractivity contribution in [2.45, 2.75) is 25.8 Å². The van der Waals surface area contributed by atoms with E-state index in [2.05, 4.69) is 5.32 Å². The van der Waals surface area contributed by atoms with Crippen LogP contribution in [0.5, 0.6) is 0 Å². The van der Waals surface area contributed by atoms with Gasteiger partial charge in [0.15, 0.2) is 0 Å². The normalized spacial score (nSPS) is 22.5. The van der Waals surface area contributed by atoms with E-state index < -0.39 is 58.6 Å². The van der Waals surface area contributed by atoms with Crippen molar-refractivity contribution in [3.8, 4) is 0 Å². The topological polar surface area (TPSA) is 144 Å². The minimum atomic E-state index is -2.05. The SMILES string of the molecule is CC1CC(=O)C(CC(=O)O)[C@H]1C(C(=O)C(=O)Nc1cc(Cl)ccc1Cl)[N+](=O)[O-]. The summed E-state index contributed by atoms with van der Waals surface area (Å²) in [5.41, 5.74) is -0.00718. The molecule has 0 aromatic heterocycles. The number of hydrogen-bond acceptors (Lipinski definition) is 6. The number of anilines is 1. The van der Waals surface area contributed by atoms with E-state index in [1.807, 2.05) is 0 Å². The second kappa shape index (κ2) is 8.66. The second-order valence-electron chi connectivity index (χ2n) is 6.60. The summed E-state index contributed by atoms with van der Waals surface area (Å²) < 4.78 is 0. The number of nitrogens with zero attached hydrogens (tertiary/aromatic N) is 1. The van der Waals surface area contributed by atoms with E-state index in [4.69, 9.17) is 28.3 Å². The lowest BCUT2D eigenvalue weighted by Gasteiger charge is -2.22. The molecule has 1 aromatic rings. The molecule has 4 atom stereocenters. The number of carboxylic acids is 1. The second-order valence-corrected chi connectivity index (χ2v) is 7.45. The Morgan fingerprint density at radius 3 is 2.57 bits per heavy atom. The highest BCUT2D eigenvalue weighted by atomic mass is 35.5. The minimum absolute atomic E-state index is 0.00718. The van der Waals surface area contributed by atoms with Gasteiger partial charge in [-0.1, -0.05) is 30.1 Å². The molecule has 0 spiro atoms. The van der Waals surface area contributed by atoms with Crippen molar-refractivity contribution in [1.29, 1.82) is 0 Å². The van der Waals surface area contributed by atoms with Crippen LogP contribution in [0.1, 0.15) is 19.8 Å². The number of amides is 1. The Balaban J connectivity index is 2.31. The number of hydrogen-bond donors (Lipinski definition) is 2. The van der Waals surface area contributed by atoms with Crippen LogP contribution in [0.3, 0.4) is 0 Å². The van der Waals surface area contributed by atoms with Crippen molar-refractivity contribution in [1.82, 2.24) is 0 Å². The van der Waals surface area contributed by atoms with Gasteiger partial charge < -0.3 is 10.4 Å². The van der Waals surface area contributed by atoms with Crippen molar-refractivity contribution in [2.75, 3.05) is 5.32 Å². The molecule has 28 heavy (non-hydrogen) atoms. The summed E-state index contributed by atoms with van der Waals surface area (Å²) in [6, 6.07) is 2.04. The molecule has 0 bridgehead atoms. The van der Waals surface area contributed by atoms with Gasteiger partial charge in [-0.2, -0.15) is 0 Å². The highest BCUT2D eigenvalue weighted by molar-refractivity contribution is 6.44. The number of carboxylic acid groups (broad SMARTS) is 1. The van der Waals surface area contributed by atoms with E-state index in [-0.39, 0.29) is 22.2 Å². The number of Topliss-reactive ketones (excluding diaryl/α,β-unsaturated/α-hetero) is 2. The molecule has 0 heterocycles. The molecular formula is C17H16Cl2N2O7. The molecule has 1 saturated carbocycles. The summed E-state index contributed by atoms with van der Waals surface area (Å²) in [7, 11) is 0. The first-order chi connectivity index (χ1) is 13.0. The van der Waals surface area contributed by atoms with Gasteiger partial charge in [-0.25, -0.2) is 0 Å². The maximum Gasteiger partial charge on any atom is 0.304 e. The number of nitro groups is 1. The lowest BCUT2D eigenvalue weighted by atomic mass is 9.80. The summed E-state index contributed by atoms with van der Waals surface area (Å²) in [6.45, 7) is 1.51. The van der Waals surface area contributed by atoms with Crippen molar-refractivity contribution >= 4 is 52.3 Å². The zero-order chi connectivity index (χ0) is 21.2. The molecule has 2 N–H and O–H groups in total. The van der Waals surface area contributed by atoms with Crippen molar-refractivity contribution < 1.29 is 29.2 Å². The molecule has 9 nitrogen and oxygen atoms in total. The maximum absolute atomic E-state index is 12.6. The van der Waals surface area contributed by atoms with Crippen LogP contribution >= 0.6 is 23.2 Å². The van der Waals surface area contributed by atoms with E-state index in [1.165, 1.54) is 25.1 Å². The zero-order valence-corrected chi connectivity index (χ0v) is 16.1. The highest BCUT2D eigenvalue weighted by Crippen LogP contribution is 2.40. The fraction of sp³-hybridized carbons (Fsp3) is 0.412. The minimum Gasteiger partial charge on any atom is -0.481 e. The highest BCUT2D eigenvalue weighted by Gasteiger charge is 2.54. The monoisotopic (exact) mass is 430 g/mol. The van der Waals surface area contributed by atoms with Crippen LogP contribution in [0.15, 0.2) is 18.2 Å². The fourth-order valence-corrected chi connectivity index (χ4v) is 3.84. The predicted octanol–water partition coefficient (Wildman–Crippen LogP) is 2.46. The Morgan fingerprint density at radius 1 is 1.36 bits per heavy atom. The third-order valence-corrected chi connectivity index (χ3v) is 5.28. The number of carbonyl (C=O) groups excluding carboxylic acids is 3. The number of halogens is 2. The molecule has 0 radical (unpaired) electrons. The van der Waals surface area contributed by atoms with E-state index in [9.17, 15) is 29.3 Å². The predicted molar refractivity (Wildman–Crippen MR) is 98.9 cm³/mol. The third-order valence-electron chi connectivity index (χ3n) is 4.71. The van der Waals surface area contributed by atoms with Crippen LogP contribution in [0.25, 0.3) is 0 Å². The molecular weight excluding hydrogens is 415 g/mol. The van der Waals surface area contributed by atoms with Crippen LogP contribution in [0.4, 0.5) is 5.69 Å². The Bertz CT molecular complexity index is 858. The molecule has 1 aliphatic carbocycles. The lowest BCUT2D eigenvalue weighted by Crippen LogP contribution is -2.46.